The Labute approximate surface area is 147 Å². The number of nitrogens with zero attached hydrogens (tertiary/aromatic N) is 1. The van der Waals surface area contributed by atoms with Gasteiger partial charge in [-0.3, -0.25) is 9.59 Å². The van der Waals surface area contributed by atoms with E-state index in [4.69, 9.17) is 0 Å². The molecule has 0 aliphatic carbocycles. The Morgan fingerprint density at radius 3 is 2.83 bits per heavy atom. The summed E-state index contributed by atoms with van der Waals surface area (Å²) in [5, 5.41) is 2.99. The number of carbonyl (C=O) groups is 1. The SMILES string of the molecule is CCC(=O)c1c(Nc2ccc(Br)cc2F)c(C)c(=O)n2c1CCC2. The van der Waals surface area contributed by atoms with Crippen LogP contribution in [0.2, 0.25) is 0 Å². The minimum absolute atomic E-state index is 0.0382. The van der Waals surface area contributed by atoms with E-state index in [0.29, 0.717) is 40.7 Å². The van der Waals surface area contributed by atoms with Crippen molar-refractivity contribution in [1.82, 2.24) is 4.57 Å². The smallest absolute Gasteiger partial charge is 0.255 e. The van der Waals surface area contributed by atoms with Gasteiger partial charge in [-0.1, -0.05) is 22.9 Å². The number of carbonyl (C=O) groups excluding carboxylic acids is 1. The molecule has 0 atom stereocenters. The number of anilines is 2. The van der Waals surface area contributed by atoms with Crippen molar-refractivity contribution < 1.29 is 9.18 Å². The molecule has 0 spiro atoms. The molecule has 1 aliphatic heterocycles. The molecule has 0 radical (unpaired) electrons. The van der Waals surface area contributed by atoms with Crippen LogP contribution in [0.5, 0.6) is 0 Å². The lowest BCUT2D eigenvalue weighted by molar-refractivity contribution is 0.0987. The van der Waals surface area contributed by atoms with Crippen molar-refractivity contribution in [3.05, 3.63) is 55.7 Å². The van der Waals surface area contributed by atoms with Gasteiger partial charge in [0.15, 0.2) is 5.78 Å². The molecule has 0 fully saturated rings. The average Bonchev–Trinajstić information content (AvgIpc) is 3.03. The quantitative estimate of drug-likeness (QED) is 0.787. The van der Waals surface area contributed by atoms with Gasteiger partial charge in [-0.25, -0.2) is 4.39 Å². The van der Waals surface area contributed by atoms with E-state index in [1.807, 2.05) is 0 Å². The number of halogens is 2. The maximum atomic E-state index is 14.2. The van der Waals surface area contributed by atoms with Crippen LogP contribution in [0.25, 0.3) is 0 Å². The molecular formula is C18H18BrFN2O2. The normalized spacial score (nSPS) is 13.0. The van der Waals surface area contributed by atoms with E-state index in [1.54, 1.807) is 30.5 Å². The predicted molar refractivity (Wildman–Crippen MR) is 95.8 cm³/mol. The summed E-state index contributed by atoms with van der Waals surface area (Å²) in [5.41, 5.74) is 2.29. The summed E-state index contributed by atoms with van der Waals surface area (Å²) in [4.78, 5) is 25.1. The zero-order chi connectivity index (χ0) is 17.4. The zero-order valence-corrected chi connectivity index (χ0v) is 15.2. The fourth-order valence-corrected chi connectivity index (χ4v) is 3.49. The number of Topliss-reactive ketones (excluding diaryl/α,β-unsaturated/α-hetero) is 1. The molecule has 1 aliphatic rings. The third kappa shape index (κ3) is 2.79. The first kappa shape index (κ1) is 16.9. The van der Waals surface area contributed by atoms with Crippen molar-refractivity contribution >= 4 is 33.1 Å². The van der Waals surface area contributed by atoms with Crippen LogP contribution in [0.4, 0.5) is 15.8 Å². The molecule has 126 valence electrons. The molecule has 4 nitrogen and oxygen atoms in total. The third-order valence-corrected chi connectivity index (χ3v) is 4.88. The molecule has 0 saturated carbocycles. The molecule has 3 rings (SSSR count). The Kier molecular flexibility index (Phi) is 4.58. The largest absolute Gasteiger partial charge is 0.352 e. The first-order chi connectivity index (χ1) is 11.4. The minimum Gasteiger partial charge on any atom is -0.352 e. The standard InChI is InChI=1S/C18H18BrFN2O2/c1-3-15(23)16-14-5-4-8-22(14)18(24)10(2)17(16)21-13-7-6-11(19)9-12(13)20/h6-7,9,21H,3-5,8H2,1-2H3. The van der Waals surface area contributed by atoms with E-state index < -0.39 is 5.82 Å². The monoisotopic (exact) mass is 392 g/mol. The van der Waals surface area contributed by atoms with Gasteiger partial charge >= 0.3 is 0 Å². The van der Waals surface area contributed by atoms with Gasteiger partial charge in [-0.15, -0.1) is 0 Å². The molecule has 1 aromatic heterocycles. The molecule has 0 amide bonds. The zero-order valence-electron chi connectivity index (χ0n) is 13.6. The van der Waals surface area contributed by atoms with E-state index in [9.17, 15) is 14.0 Å². The summed E-state index contributed by atoms with van der Waals surface area (Å²) in [7, 11) is 0. The number of benzene rings is 1. The highest BCUT2D eigenvalue weighted by molar-refractivity contribution is 9.10. The third-order valence-electron chi connectivity index (χ3n) is 4.39. The maximum Gasteiger partial charge on any atom is 0.255 e. The molecular weight excluding hydrogens is 375 g/mol. The maximum absolute atomic E-state index is 14.2. The Balaban J connectivity index is 2.21. The molecule has 0 saturated heterocycles. The Morgan fingerprint density at radius 1 is 1.42 bits per heavy atom. The number of ketones is 1. The second-order valence-corrected chi connectivity index (χ2v) is 6.82. The molecule has 1 N–H and O–H groups in total. The van der Waals surface area contributed by atoms with Gasteiger partial charge in [0, 0.05) is 28.7 Å². The molecule has 2 aromatic rings. The van der Waals surface area contributed by atoms with Gasteiger partial charge in [0.05, 0.1) is 16.9 Å². The van der Waals surface area contributed by atoms with Gasteiger partial charge in [-0.05, 0) is 38.0 Å². The van der Waals surface area contributed by atoms with Crippen LogP contribution in [0.15, 0.2) is 27.5 Å². The van der Waals surface area contributed by atoms with Crippen LogP contribution in [0.3, 0.4) is 0 Å². The summed E-state index contributed by atoms with van der Waals surface area (Å²) < 4.78 is 16.5. The predicted octanol–water partition coefficient (Wildman–Crippen LogP) is 4.34. The molecule has 24 heavy (non-hydrogen) atoms. The van der Waals surface area contributed by atoms with E-state index in [0.717, 1.165) is 12.1 Å². The first-order valence-corrected chi connectivity index (χ1v) is 8.74. The fraction of sp³-hybridized carbons (Fsp3) is 0.333. The van der Waals surface area contributed by atoms with Crippen LogP contribution in [-0.2, 0) is 13.0 Å². The second-order valence-electron chi connectivity index (χ2n) is 5.91. The summed E-state index contributed by atoms with van der Waals surface area (Å²) in [6.07, 6.45) is 1.87. The molecule has 0 bridgehead atoms. The summed E-state index contributed by atoms with van der Waals surface area (Å²) in [6, 6.07) is 4.64. The van der Waals surface area contributed by atoms with E-state index >= 15 is 0 Å². The highest BCUT2D eigenvalue weighted by Gasteiger charge is 2.26. The number of rotatable bonds is 4. The number of hydrogen-bond donors (Lipinski definition) is 1. The van der Waals surface area contributed by atoms with E-state index in [2.05, 4.69) is 21.2 Å². The summed E-state index contributed by atoms with van der Waals surface area (Å²) in [5.74, 6) is -0.483. The number of nitrogens with one attached hydrogen (secondary N) is 1. The fourth-order valence-electron chi connectivity index (χ4n) is 3.16. The lowest BCUT2D eigenvalue weighted by atomic mass is 10.00. The van der Waals surface area contributed by atoms with Crippen molar-refractivity contribution in [3.63, 3.8) is 0 Å². The Bertz CT molecular complexity index is 890. The van der Waals surface area contributed by atoms with Gasteiger partial charge in [0.1, 0.15) is 5.82 Å². The van der Waals surface area contributed by atoms with Crippen LogP contribution in [-0.4, -0.2) is 10.4 Å². The highest BCUT2D eigenvalue weighted by atomic mass is 79.9. The van der Waals surface area contributed by atoms with Crippen molar-refractivity contribution in [2.75, 3.05) is 5.32 Å². The Morgan fingerprint density at radius 2 is 2.17 bits per heavy atom. The topological polar surface area (TPSA) is 51.1 Å². The van der Waals surface area contributed by atoms with Crippen molar-refractivity contribution in [2.24, 2.45) is 0 Å². The summed E-state index contributed by atoms with van der Waals surface area (Å²) >= 11 is 3.22. The van der Waals surface area contributed by atoms with Gasteiger partial charge in [0.25, 0.3) is 5.56 Å². The Hall–Kier alpha value is -1.95. The van der Waals surface area contributed by atoms with Crippen LogP contribution in [0.1, 0.15) is 41.4 Å². The van der Waals surface area contributed by atoms with Gasteiger partial charge in [-0.2, -0.15) is 0 Å². The van der Waals surface area contributed by atoms with E-state index in [-0.39, 0.29) is 17.0 Å². The number of fused-ring (bicyclic) bond motifs is 1. The lowest BCUT2D eigenvalue weighted by Gasteiger charge is -2.18. The van der Waals surface area contributed by atoms with Gasteiger partial charge in [0.2, 0.25) is 0 Å². The number of hydrogen-bond acceptors (Lipinski definition) is 3. The van der Waals surface area contributed by atoms with Crippen molar-refractivity contribution in [2.45, 2.75) is 39.7 Å². The van der Waals surface area contributed by atoms with Crippen molar-refractivity contribution in [3.8, 4) is 0 Å². The highest BCUT2D eigenvalue weighted by Crippen LogP contribution is 2.31. The first-order valence-electron chi connectivity index (χ1n) is 7.95. The minimum atomic E-state index is -0.445. The molecule has 1 aromatic carbocycles. The molecule has 2 heterocycles. The summed E-state index contributed by atoms with van der Waals surface area (Å²) in [6.45, 7) is 4.10. The molecule has 0 unspecified atom stereocenters. The number of pyridine rings is 1. The van der Waals surface area contributed by atoms with Crippen LogP contribution >= 0.6 is 15.9 Å². The molecule has 6 heteroatoms. The second kappa shape index (κ2) is 6.51. The average molecular weight is 393 g/mol. The van der Waals surface area contributed by atoms with Crippen LogP contribution in [0, 0.1) is 12.7 Å². The lowest BCUT2D eigenvalue weighted by Crippen LogP contribution is -2.26. The van der Waals surface area contributed by atoms with E-state index in [1.165, 1.54) is 6.07 Å². The van der Waals surface area contributed by atoms with Gasteiger partial charge < -0.3 is 9.88 Å². The number of aromatic nitrogens is 1. The van der Waals surface area contributed by atoms with Crippen LogP contribution < -0.4 is 10.9 Å². The van der Waals surface area contributed by atoms with Crippen molar-refractivity contribution in [1.29, 1.82) is 0 Å².